The Morgan fingerprint density at radius 3 is 2.50 bits per heavy atom. The predicted octanol–water partition coefficient (Wildman–Crippen LogP) is 0.923. The molecule has 1 rings (SSSR count). The van der Waals surface area contributed by atoms with Gasteiger partial charge < -0.3 is 24.8 Å². The summed E-state index contributed by atoms with van der Waals surface area (Å²) in [4.78, 5) is 23.0. The molecule has 2 N–H and O–H groups in total. The van der Waals surface area contributed by atoms with Crippen LogP contribution in [-0.2, 0) is 20.7 Å². The first-order valence-electron chi connectivity index (χ1n) is 7.95. The Bertz CT molecular complexity index is 695. The molecule has 0 aliphatic rings. The number of esters is 1. The van der Waals surface area contributed by atoms with E-state index in [0.29, 0.717) is 24.5 Å². The van der Waals surface area contributed by atoms with Gasteiger partial charge in [0.15, 0.2) is 11.5 Å². The number of rotatable bonds is 10. The van der Waals surface area contributed by atoms with Crippen LogP contribution < -0.4 is 20.1 Å². The molecule has 0 bridgehead atoms. The zero-order valence-corrected chi connectivity index (χ0v) is 15.1. The van der Waals surface area contributed by atoms with E-state index in [1.54, 1.807) is 20.3 Å². The number of benzene rings is 1. The summed E-state index contributed by atoms with van der Waals surface area (Å²) in [5.41, 5.74) is 0.892. The van der Waals surface area contributed by atoms with Crippen molar-refractivity contribution in [3.63, 3.8) is 0 Å². The van der Waals surface area contributed by atoms with Gasteiger partial charge in [-0.1, -0.05) is 6.07 Å². The number of carbonyl (C=O) groups is 2. The van der Waals surface area contributed by atoms with Crippen LogP contribution in [0.4, 0.5) is 0 Å². The number of nitrogens with zero attached hydrogens (tertiary/aromatic N) is 1. The summed E-state index contributed by atoms with van der Waals surface area (Å²) >= 11 is 0. The normalized spacial score (nSPS) is 10.5. The Balaban J connectivity index is 2.49. The molecule has 1 amide bonds. The van der Waals surface area contributed by atoms with Crippen molar-refractivity contribution in [3.8, 4) is 17.6 Å². The molecule has 0 radical (unpaired) electrons. The number of methoxy groups -OCH3 is 3. The Kier molecular flexibility index (Phi) is 9.10. The summed E-state index contributed by atoms with van der Waals surface area (Å²) in [6.07, 6.45) is 2.00. The maximum absolute atomic E-state index is 12.0. The Labute approximate surface area is 152 Å². The molecule has 0 aliphatic carbocycles. The summed E-state index contributed by atoms with van der Waals surface area (Å²) in [6.45, 7) is 0.631. The second-order valence-corrected chi connectivity index (χ2v) is 5.15. The number of hydrogen-bond donors (Lipinski definition) is 2. The van der Waals surface area contributed by atoms with Crippen molar-refractivity contribution in [2.45, 2.75) is 12.8 Å². The first kappa shape index (κ1) is 20.8. The van der Waals surface area contributed by atoms with Crippen molar-refractivity contribution in [2.24, 2.45) is 0 Å². The van der Waals surface area contributed by atoms with E-state index in [1.807, 2.05) is 18.2 Å². The van der Waals surface area contributed by atoms with E-state index in [-0.39, 0.29) is 24.5 Å². The van der Waals surface area contributed by atoms with Crippen LogP contribution in [0.25, 0.3) is 0 Å². The second kappa shape index (κ2) is 11.4. The number of nitrogens with one attached hydrogen (secondary N) is 2. The van der Waals surface area contributed by atoms with Crippen molar-refractivity contribution in [2.75, 3.05) is 34.4 Å². The summed E-state index contributed by atoms with van der Waals surface area (Å²) in [5.74, 6) is 0.388. The lowest BCUT2D eigenvalue weighted by Crippen LogP contribution is -2.28. The number of hydrogen-bond acceptors (Lipinski definition) is 7. The molecule has 0 atom stereocenters. The molecule has 0 aromatic heterocycles. The molecule has 0 unspecified atom stereocenters. The molecule has 1 aromatic rings. The highest BCUT2D eigenvalue weighted by molar-refractivity contribution is 5.97. The summed E-state index contributed by atoms with van der Waals surface area (Å²) in [6, 6.07) is 7.32. The molecular weight excluding hydrogens is 338 g/mol. The maximum atomic E-state index is 12.0. The van der Waals surface area contributed by atoms with E-state index in [4.69, 9.17) is 14.7 Å². The third kappa shape index (κ3) is 6.73. The van der Waals surface area contributed by atoms with Crippen LogP contribution in [0.1, 0.15) is 12.0 Å². The minimum absolute atomic E-state index is 0.0674. The highest BCUT2D eigenvalue weighted by atomic mass is 16.5. The molecule has 8 nitrogen and oxygen atoms in total. The van der Waals surface area contributed by atoms with Crippen molar-refractivity contribution in [1.29, 1.82) is 5.26 Å². The van der Waals surface area contributed by atoms with Crippen molar-refractivity contribution < 1.29 is 23.8 Å². The van der Waals surface area contributed by atoms with E-state index in [2.05, 4.69) is 15.4 Å². The molecule has 0 saturated heterocycles. The molecule has 8 heteroatoms. The van der Waals surface area contributed by atoms with E-state index in [1.165, 1.54) is 13.3 Å². The number of carbonyl (C=O) groups excluding carboxylic acids is 2. The number of nitriles is 1. The smallest absolute Gasteiger partial charge is 0.307 e. The highest BCUT2D eigenvalue weighted by Gasteiger charge is 2.09. The molecule has 140 valence electrons. The average molecular weight is 361 g/mol. The van der Waals surface area contributed by atoms with E-state index in [9.17, 15) is 9.59 Å². The fourth-order valence-corrected chi connectivity index (χ4v) is 2.05. The average Bonchev–Trinajstić information content (AvgIpc) is 2.67. The van der Waals surface area contributed by atoms with Crippen molar-refractivity contribution >= 4 is 11.9 Å². The van der Waals surface area contributed by atoms with Gasteiger partial charge in [-0.05, 0) is 24.1 Å². The first-order chi connectivity index (χ1) is 12.5. The van der Waals surface area contributed by atoms with Gasteiger partial charge in [0.25, 0.3) is 5.91 Å². The summed E-state index contributed by atoms with van der Waals surface area (Å²) in [7, 11) is 4.41. The van der Waals surface area contributed by atoms with Crippen LogP contribution in [0.5, 0.6) is 11.5 Å². The Morgan fingerprint density at radius 2 is 1.88 bits per heavy atom. The lowest BCUT2D eigenvalue weighted by Gasteiger charge is -2.10. The van der Waals surface area contributed by atoms with E-state index < -0.39 is 5.91 Å². The zero-order chi connectivity index (χ0) is 19.4. The minimum atomic E-state index is -0.487. The lowest BCUT2D eigenvalue weighted by molar-refractivity contribution is -0.140. The van der Waals surface area contributed by atoms with Gasteiger partial charge in [0, 0.05) is 19.3 Å². The SMILES string of the molecule is COC(=O)CCN/C=C(/C#N)C(=O)NCCc1ccc(OC)c(OC)c1. The fourth-order valence-electron chi connectivity index (χ4n) is 2.05. The Morgan fingerprint density at radius 1 is 1.15 bits per heavy atom. The molecule has 26 heavy (non-hydrogen) atoms. The lowest BCUT2D eigenvalue weighted by atomic mass is 10.1. The largest absolute Gasteiger partial charge is 0.493 e. The van der Waals surface area contributed by atoms with Gasteiger partial charge >= 0.3 is 5.97 Å². The molecule has 1 aromatic carbocycles. The minimum Gasteiger partial charge on any atom is -0.493 e. The second-order valence-electron chi connectivity index (χ2n) is 5.15. The zero-order valence-electron chi connectivity index (χ0n) is 15.1. The van der Waals surface area contributed by atoms with Gasteiger partial charge in [0.05, 0.1) is 27.8 Å². The predicted molar refractivity (Wildman–Crippen MR) is 94.6 cm³/mol. The van der Waals surface area contributed by atoms with Crippen LogP contribution in [-0.4, -0.2) is 46.3 Å². The van der Waals surface area contributed by atoms with Gasteiger partial charge in [-0.25, -0.2) is 0 Å². The topological polar surface area (TPSA) is 110 Å². The van der Waals surface area contributed by atoms with Gasteiger partial charge in [-0.15, -0.1) is 0 Å². The maximum Gasteiger partial charge on any atom is 0.307 e. The van der Waals surface area contributed by atoms with Crippen LogP contribution >= 0.6 is 0 Å². The Hall–Kier alpha value is -3.21. The molecular formula is C18H23N3O5. The van der Waals surface area contributed by atoms with Gasteiger partial charge in [0.2, 0.25) is 0 Å². The first-order valence-corrected chi connectivity index (χ1v) is 7.95. The highest BCUT2D eigenvalue weighted by Crippen LogP contribution is 2.27. The monoisotopic (exact) mass is 361 g/mol. The van der Waals surface area contributed by atoms with Gasteiger partial charge in [-0.2, -0.15) is 5.26 Å². The van der Waals surface area contributed by atoms with Crippen LogP contribution in [0.3, 0.4) is 0 Å². The van der Waals surface area contributed by atoms with Crippen molar-refractivity contribution in [3.05, 3.63) is 35.5 Å². The molecule has 0 spiro atoms. The number of amides is 1. The van der Waals surface area contributed by atoms with Crippen LogP contribution in [0, 0.1) is 11.3 Å². The van der Waals surface area contributed by atoms with Crippen LogP contribution in [0.15, 0.2) is 30.0 Å². The quantitative estimate of drug-likeness (QED) is 0.276. The number of ether oxygens (including phenoxy) is 3. The summed E-state index contributed by atoms with van der Waals surface area (Å²) in [5, 5.41) is 14.5. The van der Waals surface area contributed by atoms with Gasteiger partial charge in [0.1, 0.15) is 11.6 Å². The molecule has 0 heterocycles. The van der Waals surface area contributed by atoms with E-state index >= 15 is 0 Å². The third-order valence-corrected chi connectivity index (χ3v) is 3.46. The molecule has 0 saturated carbocycles. The van der Waals surface area contributed by atoms with E-state index in [0.717, 1.165) is 5.56 Å². The standard InChI is InChI=1S/C18H23N3O5/c1-24-15-5-4-13(10-16(15)25-2)6-9-21-18(23)14(11-19)12-20-8-7-17(22)26-3/h4-5,10,12,20H,6-9H2,1-3H3,(H,21,23)/b14-12-. The summed E-state index contributed by atoms with van der Waals surface area (Å²) < 4.78 is 14.9. The van der Waals surface area contributed by atoms with Crippen LogP contribution in [0.2, 0.25) is 0 Å². The third-order valence-electron chi connectivity index (χ3n) is 3.46. The molecule has 0 aliphatic heterocycles. The fraction of sp³-hybridized carbons (Fsp3) is 0.389. The molecule has 0 fully saturated rings. The van der Waals surface area contributed by atoms with Gasteiger partial charge in [-0.3, -0.25) is 9.59 Å². The van der Waals surface area contributed by atoms with Crippen molar-refractivity contribution in [1.82, 2.24) is 10.6 Å².